The van der Waals surface area contributed by atoms with E-state index in [1.165, 1.54) is 38.5 Å². The molecule has 0 aromatic carbocycles. The van der Waals surface area contributed by atoms with Crippen LogP contribution < -0.4 is 0 Å². The first-order valence-electron chi connectivity index (χ1n) is 6.48. The fourth-order valence-corrected chi connectivity index (χ4v) is 1.79. The second kappa shape index (κ2) is 12.3. The number of hydrogen-bond acceptors (Lipinski definition) is 1. The van der Waals surface area contributed by atoms with Gasteiger partial charge in [-0.25, -0.2) is 0 Å². The zero-order valence-electron chi connectivity index (χ0n) is 10.4. The van der Waals surface area contributed by atoms with Crippen LogP contribution in [0.25, 0.3) is 0 Å². The molecule has 0 amide bonds. The predicted molar refractivity (Wildman–Crippen MR) is 68.7 cm³/mol. The Kier molecular flexibility index (Phi) is 12.5. The molecule has 0 saturated heterocycles. The molecule has 0 aliphatic heterocycles. The van der Waals surface area contributed by atoms with Crippen molar-refractivity contribution >= 4 is 11.6 Å². The number of halogens is 1. The maximum Gasteiger partial charge on any atom is 0.0547 e. The molecule has 0 fully saturated rings. The summed E-state index contributed by atoms with van der Waals surface area (Å²) in [5.41, 5.74) is 0. The highest BCUT2D eigenvalue weighted by Gasteiger charge is 2.01. The Hall–Kier alpha value is 0.250. The van der Waals surface area contributed by atoms with Crippen LogP contribution in [0.3, 0.4) is 0 Å². The third kappa shape index (κ3) is 12.2. The largest absolute Gasteiger partial charge is 0.379 e. The summed E-state index contributed by atoms with van der Waals surface area (Å²) in [5.74, 6) is 0.784. The van der Waals surface area contributed by atoms with E-state index >= 15 is 0 Å². The minimum Gasteiger partial charge on any atom is -0.379 e. The standard InChI is InChI=1S/C13H27ClO/c1-3-4-5-7-10-13(2)15-12-9-6-8-11-14/h13H,3-12H2,1-2H3. The van der Waals surface area contributed by atoms with E-state index in [1.54, 1.807) is 0 Å². The molecular weight excluding hydrogens is 208 g/mol. The molecule has 15 heavy (non-hydrogen) atoms. The number of alkyl halides is 1. The molecule has 0 heterocycles. The minimum absolute atomic E-state index is 0.442. The molecule has 0 saturated carbocycles. The van der Waals surface area contributed by atoms with Crippen molar-refractivity contribution in [3.63, 3.8) is 0 Å². The fraction of sp³-hybridized carbons (Fsp3) is 1.00. The van der Waals surface area contributed by atoms with Gasteiger partial charge in [0.2, 0.25) is 0 Å². The van der Waals surface area contributed by atoms with Crippen LogP contribution in [0.15, 0.2) is 0 Å². The summed E-state index contributed by atoms with van der Waals surface area (Å²) in [6.45, 7) is 5.34. The van der Waals surface area contributed by atoms with E-state index in [4.69, 9.17) is 16.3 Å². The molecule has 0 aliphatic carbocycles. The molecule has 0 radical (unpaired) electrons. The Morgan fingerprint density at radius 2 is 1.73 bits per heavy atom. The van der Waals surface area contributed by atoms with Crippen LogP contribution in [0.1, 0.15) is 65.2 Å². The monoisotopic (exact) mass is 234 g/mol. The van der Waals surface area contributed by atoms with Gasteiger partial charge in [0.25, 0.3) is 0 Å². The molecule has 1 unspecified atom stereocenters. The SMILES string of the molecule is CCCCCCC(C)OCCCCCCl. The number of rotatable bonds is 11. The summed E-state index contributed by atoms with van der Waals surface area (Å²) in [6.07, 6.45) is 10.5. The van der Waals surface area contributed by atoms with E-state index in [0.717, 1.165) is 25.3 Å². The Balaban J connectivity index is 3.08. The van der Waals surface area contributed by atoms with Gasteiger partial charge in [-0.15, -0.1) is 11.6 Å². The van der Waals surface area contributed by atoms with Crippen molar-refractivity contribution < 1.29 is 4.74 Å². The van der Waals surface area contributed by atoms with Gasteiger partial charge in [0.05, 0.1) is 6.10 Å². The summed E-state index contributed by atoms with van der Waals surface area (Å²) < 4.78 is 5.73. The lowest BCUT2D eigenvalue weighted by Crippen LogP contribution is -2.09. The molecule has 0 aromatic heterocycles. The highest BCUT2D eigenvalue weighted by atomic mass is 35.5. The Bertz CT molecular complexity index is 117. The van der Waals surface area contributed by atoms with Crippen molar-refractivity contribution in [2.24, 2.45) is 0 Å². The second-order valence-corrected chi connectivity index (χ2v) is 4.66. The summed E-state index contributed by atoms with van der Waals surface area (Å²) in [5, 5.41) is 0. The Labute approximate surface area is 101 Å². The number of hydrogen-bond donors (Lipinski definition) is 0. The van der Waals surface area contributed by atoms with Gasteiger partial charge in [-0.3, -0.25) is 0 Å². The van der Waals surface area contributed by atoms with Crippen LogP contribution in [0.2, 0.25) is 0 Å². The van der Waals surface area contributed by atoms with Crippen LogP contribution in [0.5, 0.6) is 0 Å². The normalized spacial score (nSPS) is 13.0. The van der Waals surface area contributed by atoms with E-state index in [9.17, 15) is 0 Å². The van der Waals surface area contributed by atoms with Crippen molar-refractivity contribution in [2.45, 2.75) is 71.3 Å². The molecule has 0 rings (SSSR count). The minimum atomic E-state index is 0.442. The summed E-state index contributed by atoms with van der Waals surface area (Å²) >= 11 is 5.60. The van der Waals surface area contributed by atoms with Crippen molar-refractivity contribution in [3.8, 4) is 0 Å². The van der Waals surface area contributed by atoms with Crippen molar-refractivity contribution in [1.29, 1.82) is 0 Å². The number of ether oxygens (including phenoxy) is 1. The molecule has 0 bridgehead atoms. The first kappa shape index (κ1) is 15.2. The predicted octanol–water partition coefficient (Wildman–Crippen LogP) is 4.77. The maximum absolute atomic E-state index is 5.73. The zero-order chi connectivity index (χ0) is 11.4. The third-order valence-corrected chi connectivity index (χ3v) is 2.91. The van der Waals surface area contributed by atoms with E-state index in [-0.39, 0.29) is 0 Å². The second-order valence-electron chi connectivity index (χ2n) is 4.28. The van der Waals surface area contributed by atoms with Crippen LogP contribution >= 0.6 is 11.6 Å². The average Bonchev–Trinajstić information content (AvgIpc) is 2.24. The van der Waals surface area contributed by atoms with Gasteiger partial charge >= 0.3 is 0 Å². The van der Waals surface area contributed by atoms with Gasteiger partial charge < -0.3 is 4.74 Å². The first-order valence-corrected chi connectivity index (χ1v) is 7.02. The molecule has 1 nitrogen and oxygen atoms in total. The zero-order valence-corrected chi connectivity index (χ0v) is 11.2. The lowest BCUT2D eigenvalue weighted by atomic mass is 10.1. The Morgan fingerprint density at radius 1 is 1.00 bits per heavy atom. The van der Waals surface area contributed by atoms with Crippen molar-refractivity contribution in [1.82, 2.24) is 0 Å². The van der Waals surface area contributed by atoms with Crippen LogP contribution in [0, 0.1) is 0 Å². The van der Waals surface area contributed by atoms with Gasteiger partial charge in [0.15, 0.2) is 0 Å². The summed E-state index contributed by atoms with van der Waals surface area (Å²) in [4.78, 5) is 0. The van der Waals surface area contributed by atoms with E-state index in [2.05, 4.69) is 13.8 Å². The first-order chi connectivity index (χ1) is 7.31. The van der Waals surface area contributed by atoms with E-state index < -0.39 is 0 Å². The van der Waals surface area contributed by atoms with Crippen molar-refractivity contribution in [2.75, 3.05) is 12.5 Å². The third-order valence-electron chi connectivity index (χ3n) is 2.64. The van der Waals surface area contributed by atoms with Gasteiger partial charge in [-0.1, -0.05) is 32.6 Å². The van der Waals surface area contributed by atoms with Crippen LogP contribution in [-0.4, -0.2) is 18.6 Å². The molecule has 0 aliphatic rings. The summed E-state index contributed by atoms with van der Waals surface area (Å²) in [6, 6.07) is 0. The topological polar surface area (TPSA) is 9.23 Å². The van der Waals surface area contributed by atoms with Gasteiger partial charge in [0, 0.05) is 12.5 Å². The van der Waals surface area contributed by atoms with Crippen LogP contribution in [-0.2, 0) is 4.74 Å². The van der Waals surface area contributed by atoms with E-state index in [1.807, 2.05) is 0 Å². The molecule has 1 atom stereocenters. The average molecular weight is 235 g/mol. The quantitative estimate of drug-likeness (QED) is 0.370. The molecule has 2 heteroatoms. The highest BCUT2D eigenvalue weighted by Crippen LogP contribution is 2.08. The van der Waals surface area contributed by atoms with Gasteiger partial charge in [0.1, 0.15) is 0 Å². The lowest BCUT2D eigenvalue weighted by Gasteiger charge is -2.12. The molecule has 92 valence electrons. The van der Waals surface area contributed by atoms with E-state index in [0.29, 0.717) is 6.10 Å². The smallest absolute Gasteiger partial charge is 0.0547 e. The van der Waals surface area contributed by atoms with Crippen molar-refractivity contribution in [3.05, 3.63) is 0 Å². The molecule has 0 aromatic rings. The maximum atomic E-state index is 5.73. The molecular formula is C13H27ClO. The van der Waals surface area contributed by atoms with Gasteiger partial charge in [-0.05, 0) is 32.6 Å². The summed E-state index contributed by atoms with van der Waals surface area (Å²) in [7, 11) is 0. The molecule has 0 N–H and O–H groups in total. The van der Waals surface area contributed by atoms with Gasteiger partial charge in [-0.2, -0.15) is 0 Å². The number of unbranched alkanes of at least 4 members (excludes halogenated alkanes) is 5. The molecule has 0 spiro atoms. The Morgan fingerprint density at radius 3 is 2.40 bits per heavy atom. The van der Waals surface area contributed by atoms with Crippen LogP contribution in [0.4, 0.5) is 0 Å². The lowest BCUT2D eigenvalue weighted by molar-refractivity contribution is 0.0560. The fourth-order valence-electron chi connectivity index (χ4n) is 1.60. The highest BCUT2D eigenvalue weighted by molar-refractivity contribution is 6.17.